The van der Waals surface area contributed by atoms with E-state index in [2.05, 4.69) is 23.5 Å². The first-order chi connectivity index (χ1) is 15.1. The Morgan fingerprint density at radius 1 is 1.38 bits per heavy atom. The van der Waals surface area contributed by atoms with Crippen LogP contribution in [-0.2, 0) is 0 Å². The van der Waals surface area contributed by atoms with Gasteiger partial charge >= 0.3 is 12.2 Å². The van der Waals surface area contributed by atoms with Gasteiger partial charge in [0, 0.05) is 25.1 Å². The number of carbonyl (C=O) groups is 1. The average molecular weight is 451 g/mol. The van der Waals surface area contributed by atoms with Crippen LogP contribution in [0.25, 0.3) is 6.08 Å². The number of nitrogens with one attached hydrogen (secondary N) is 1. The molecule has 1 atom stereocenters. The van der Waals surface area contributed by atoms with E-state index in [4.69, 9.17) is 9.26 Å². The van der Waals surface area contributed by atoms with Gasteiger partial charge in [-0.15, -0.1) is 0 Å². The van der Waals surface area contributed by atoms with Gasteiger partial charge in [-0.1, -0.05) is 35.9 Å². The van der Waals surface area contributed by atoms with E-state index in [0.29, 0.717) is 24.7 Å². The van der Waals surface area contributed by atoms with E-state index in [1.807, 2.05) is 32.0 Å². The summed E-state index contributed by atoms with van der Waals surface area (Å²) in [4.78, 5) is 14.3. The Balaban J connectivity index is 1.55. The summed E-state index contributed by atoms with van der Waals surface area (Å²) in [5.41, 5.74) is 3.68. The first kappa shape index (κ1) is 23.7. The molecule has 1 N–H and O–H groups in total. The molecule has 1 unspecified atom stereocenters. The number of anilines is 1. The predicted octanol–water partition coefficient (Wildman–Crippen LogP) is 5.97. The molecule has 9 heteroatoms. The Kier molecular flexibility index (Phi) is 7.48. The average Bonchev–Trinajstić information content (AvgIpc) is 3.04. The summed E-state index contributed by atoms with van der Waals surface area (Å²) >= 11 is 0. The molecule has 32 heavy (non-hydrogen) atoms. The summed E-state index contributed by atoms with van der Waals surface area (Å²) in [6.45, 7) is 6.88. The minimum Gasteiger partial charge on any atom is -0.494 e. The van der Waals surface area contributed by atoms with E-state index >= 15 is 0 Å². The number of aryl methyl sites for hydroxylation is 1. The van der Waals surface area contributed by atoms with Gasteiger partial charge in [-0.3, -0.25) is 5.32 Å². The number of aromatic nitrogens is 1. The number of alkyl halides is 3. The van der Waals surface area contributed by atoms with E-state index < -0.39 is 12.6 Å². The van der Waals surface area contributed by atoms with Crippen LogP contribution in [0.1, 0.15) is 43.0 Å². The molecule has 1 aromatic heterocycles. The number of hydrogen-bond donors (Lipinski definition) is 1. The molecule has 0 spiro atoms. The maximum Gasteiger partial charge on any atom is 0.389 e. The Morgan fingerprint density at radius 3 is 2.81 bits per heavy atom. The fourth-order valence-electron chi connectivity index (χ4n) is 3.53. The van der Waals surface area contributed by atoms with Crippen molar-refractivity contribution >= 4 is 18.0 Å². The first-order valence-electron chi connectivity index (χ1n) is 10.6. The minimum atomic E-state index is -4.16. The van der Waals surface area contributed by atoms with E-state index in [0.717, 1.165) is 23.2 Å². The molecule has 1 fully saturated rings. The van der Waals surface area contributed by atoms with E-state index in [1.54, 1.807) is 11.0 Å². The maximum absolute atomic E-state index is 12.6. The van der Waals surface area contributed by atoms with Crippen molar-refractivity contribution in [3.05, 3.63) is 46.7 Å². The molecule has 0 bridgehead atoms. The van der Waals surface area contributed by atoms with Crippen molar-refractivity contribution < 1.29 is 27.2 Å². The second-order valence-electron chi connectivity index (χ2n) is 8.11. The lowest BCUT2D eigenvalue weighted by Gasteiger charge is -2.33. The van der Waals surface area contributed by atoms with Crippen LogP contribution >= 0.6 is 0 Å². The van der Waals surface area contributed by atoms with Crippen molar-refractivity contribution in [3.8, 4) is 5.75 Å². The van der Waals surface area contributed by atoms with Gasteiger partial charge in [0.15, 0.2) is 0 Å². The monoisotopic (exact) mass is 451 g/mol. The van der Waals surface area contributed by atoms with Gasteiger partial charge in [0.1, 0.15) is 5.75 Å². The molecular formula is C23H28F3N3O3. The van der Waals surface area contributed by atoms with Gasteiger partial charge in [-0.2, -0.15) is 13.2 Å². The summed E-state index contributed by atoms with van der Waals surface area (Å²) in [7, 11) is 0. The fourth-order valence-corrected chi connectivity index (χ4v) is 3.53. The highest BCUT2D eigenvalue weighted by atomic mass is 19.4. The van der Waals surface area contributed by atoms with Gasteiger partial charge in [0.25, 0.3) is 0 Å². The number of ether oxygens (including phenoxy) is 1. The molecule has 174 valence electrons. The van der Waals surface area contributed by atoms with Crippen molar-refractivity contribution in [2.75, 3.05) is 25.0 Å². The molecule has 2 amide bonds. The third-order valence-corrected chi connectivity index (χ3v) is 5.55. The van der Waals surface area contributed by atoms with Crippen LogP contribution in [0.3, 0.4) is 0 Å². The molecule has 1 aliphatic rings. The zero-order valence-corrected chi connectivity index (χ0v) is 18.5. The quantitative estimate of drug-likeness (QED) is 0.550. The van der Waals surface area contributed by atoms with Crippen LogP contribution in [0.2, 0.25) is 0 Å². The van der Waals surface area contributed by atoms with Crippen LogP contribution in [0.5, 0.6) is 5.75 Å². The lowest BCUT2D eigenvalue weighted by Crippen LogP contribution is -2.42. The van der Waals surface area contributed by atoms with Crippen LogP contribution in [0.15, 0.2) is 34.4 Å². The third kappa shape index (κ3) is 6.51. The van der Waals surface area contributed by atoms with Crippen LogP contribution < -0.4 is 10.1 Å². The van der Waals surface area contributed by atoms with Crippen molar-refractivity contribution in [2.24, 2.45) is 5.92 Å². The number of amides is 2. The predicted molar refractivity (Wildman–Crippen MR) is 116 cm³/mol. The highest BCUT2D eigenvalue weighted by Crippen LogP contribution is 2.27. The molecule has 0 radical (unpaired) electrons. The van der Waals surface area contributed by atoms with Crippen LogP contribution in [-0.4, -0.2) is 42.0 Å². The van der Waals surface area contributed by atoms with Gasteiger partial charge in [-0.25, -0.2) is 4.79 Å². The molecule has 1 saturated heterocycles. The number of halogens is 3. The number of rotatable bonds is 6. The number of benzene rings is 1. The molecule has 0 saturated carbocycles. The summed E-state index contributed by atoms with van der Waals surface area (Å²) in [6, 6.07) is 7.08. The highest BCUT2D eigenvalue weighted by Gasteiger charge is 2.27. The lowest BCUT2D eigenvalue weighted by atomic mass is 9.91. The topological polar surface area (TPSA) is 67.6 Å². The Morgan fingerprint density at radius 2 is 2.16 bits per heavy atom. The minimum absolute atomic E-state index is 0.0181. The van der Waals surface area contributed by atoms with E-state index in [1.165, 1.54) is 5.57 Å². The normalized spacial score (nSPS) is 18.1. The molecule has 3 rings (SSSR count). The number of urea groups is 1. The molecule has 2 heterocycles. The third-order valence-electron chi connectivity index (χ3n) is 5.55. The summed E-state index contributed by atoms with van der Waals surface area (Å²) in [6.07, 6.45) is -2.30. The fraction of sp³-hybridized carbons (Fsp3) is 0.478. The second kappa shape index (κ2) is 10.1. The number of carbonyl (C=O) groups excluding carboxylic acids is 1. The lowest BCUT2D eigenvalue weighted by molar-refractivity contribution is -0.136. The van der Waals surface area contributed by atoms with E-state index in [-0.39, 0.29) is 25.0 Å². The zero-order chi connectivity index (χ0) is 23.3. The van der Waals surface area contributed by atoms with Crippen molar-refractivity contribution in [1.82, 2.24) is 10.1 Å². The van der Waals surface area contributed by atoms with Crippen molar-refractivity contribution in [2.45, 2.75) is 46.2 Å². The van der Waals surface area contributed by atoms with Gasteiger partial charge in [-0.05, 0) is 50.3 Å². The highest BCUT2D eigenvalue weighted by molar-refractivity contribution is 5.88. The van der Waals surface area contributed by atoms with Crippen LogP contribution in [0.4, 0.5) is 23.8 Å². The SMILES string of the molecule is Cc1noc(NC(=O)N2CCC(=Cc3cccc(OCCCC(F)(F)F)c3)C(C)C2)c1C. The molecule has 0 aliphatic carbocycles. The molecule has 1 aromatic carbocycles. The number of hydrogen-bond acceptors (Lipinski definition) is 4. The maximum atomic E-state index is 12.6. The van der Waals surface area contributed by atoms with Gasteiger partial charge in [0.2, 0.25) is 5.88 Å². The van der Waals surface area contributed by atoms with Gasteiger partial charge in [0.05, 0.1) is 12.3 Å². The Labute approximate surface area is 185 Å². The van der Waals surface area contributed by atoms with Gasteiger partial charge < -0.3 is 14.2 Å². The largest absolute Gasteiger partial charge is 0.494 e. The second-order valence-corrected chi connectivity index (χ2v) is 8.11. The van der Waals surface area contributed by atoms with Crippen molar-refractivity contribution in [3.63, 3.8) is 0 Å². The Bertz CT molecular complexity index is 969. The molecule has 6 nitrogen and oxygen atoms in total. The smallest absolute Gasteiger partial charge is 0.389 e. The number of likely N-dealkylation sites (tertiary alicyclic amines) is 1. The summed E-state index contributed by atoms with van der Waals surface area (Å²) in [5, 5.41) is 6.63. The standard InChI is InChI=1S/C23H28F3N3O3/c1-15-14-29(22(30)27-21-16(2)17(3)28-32-21)10-8-19(15)12-18-6-4-7-20(13-18)31-11-5-9-23(24,25)26/h4,6-7,12-13,15H,5,8-11,14H2,1-3H3,(H,27,30). The number of nitrogens with zero attached hydrogens (tertiary/aromatic N) is 2. The first-order valence-corrected chi connectivity index (χ1v) is 10.6. The molecule has 2 aromatic rings. The molecule has 1 aliphatic heterocycles. The summed E-state index contributed by atoms with van der Waals surface area (Å²) in [5.74, 6) is 1.07. The van der Waals surface area contributed by atoms with Crippen molar-refractivity contribution in [1.29, 1.82) is 0 Å². The number of piperidine rings is 1. The van der Waals surface area contributed by atoms with E-state index in [9.17, 15) is 18.0 Å². The summed E-state index contributed by atoms with van der Waals surface area (Å²) < 4.78 is 47.4. The molecular weight excluding hydrogens is 423 g/mol. The van der Waals surface area contributed by atoms with Crippen LogP contribution in [0, 0.1) is 19.8 Å². The Hall–Kier alpha value is -2.97. The zero-order valence-electron chi connectivity index (χ0n) is 18.5.